The van der Waals surface area contributed by atoms with Crippen LogP contribution in [0.25, 0.3) is 16.6 Å². The van der Waals surface area contributed by atoms with E-state index in [1.807, 2.05) is 5.32 Å². The average Bonchev–Trinajstić information content (AvgIpc) is 3.20. The highest BCUT2D eigenvalue weighted by molar-refractivity contribution is 5.98. The smallest absolute Gasteiger partial charge is 0.405 e. The number of rotatable bonds is 6. The van der Waals surface area contributed by atoms with Gasteiger partial charge in [0.1, 0.15) is 24.1 Å². The molecular formula is C24H24F3N7O3. The molecule has 3 N–H and O–H groups in total. The van der Waals surface area contributed by atoms with Gasteiger partial charge in [0.2, 0.25) is 5.91 Å². The first-order valence-electron chi connectivity index (χ1n) is 11.5. The van der Waals surface area contributed by atoms with Crippen LogP contribution in [0, 0.1) is 5.41 Å². The second kappa shape index (κ2) is 8.75. The molecule has 2 amide bonds. The van der Waals surface area contributed by atoms with Gasteiger partial charge in [0, 0.05) is 30.0 Å². The number of fused-ring (bicyclic) bond motifs is 1. The van der Waals surface area contributed by atoms with Crippen LogP contribution in [0.5, 0.6) is 5.75 Å². The van der Waals surface area contributed by atoms with Crippen LogP contribution >= 0.6 is 0 Å². The molecule has 1 saturated carbocycles. The Balaban J connectivity index is 1.48. The van der Waals surface area contributed by atoms with Crippen molar-refractivity contribution in [3.05, 3.63) is 48.4 Å². The third kappa shape index (κ3) is 4.34. The number of amides is 2. The van der Waals surface area contributed by atoms with Crippen LogP contribution in [0.3, 0.4) is 0 Å². The molecule has 3 heterocycles. The van der Waals surface area contributed by atoms with E-state index in [2.05, 4.69) is 21.8 Å². The Bertz CT molecular complexity index is 1400. The molecular weight excluding hydrogens is 491 g/mol. The Morgan fingerprint density at radius 2 is 2.05 bits per heavy atom. The summed E-state index contributed by atoms with van der Waals surface area (Å²) in [6, 6.07) is 4.58. The number of anilines is 1. The van der Waals surface area contributed by atoms with Gasteiger partial charge in [0.05, 0.1) is 18.4 Å². The third-order valence-electron chi connectivity index (χ3n) is 6.96. The number of carbonyl (C=O) groups is 2. The fourth-order valence-electron chi connectivity index (χ4n) is 5.30. The van der Waals surface area contributed by atoms with Crippen molar-refractivity contribution in [3.63, 3.8) is 0 Å². The molecule has 3 aromatic rings. The van der Waals surface area contributed by atoms with Gasteiger partial charge in [-0.05, 0) is 36.6 Å². The van der Waals surface area contributed by atoms with Gasteiger partial charge in [-0.1, -0.05) is 12.6 Å². The molecule has 0 unspecified atom stereocenters. The van der Waals surface area contributed by atoms with E-state index in [1.54, 1.807) is 17.0 Å². The van der Waals surface area contributed by atoms with Crippen LogP contribution in [0.15, 0.2) is 37.2 Å². The lowest BCUT2D eigenvalue weighted by molar-refractivity contribution is -0.146. The van der Waals surface area contributed by atoms with E-state index < -0.39 is 18.6 Å². The minimum absolute atomic E-state index is 0.0335. The van der Waals surface area contributed by atoms with E-state index in [-0.39, 0.29) is 34.4 Å². The first-order chi connectivity index (χ1) is 17.5. The lowest BCUT2D eigenvalue weighted by Gasteiger charge is -2.58. The van der Waals surface area contributed by atoms with E-state index in [9.17, 15) is 22.8 Å². The number of carbonyl (C=O) groups excluding carboxylic acids is 2. The number of hydrogen-bond donors (Lipinski definition) is 2. The van der Waals surface area contributed by atoms with Crippen molar-refractivity contribution in [2.24, 2.45) is 5.41 Å². The molecule has 1 aliphatic heterocycles. The highest BCUT2D eigenvalue weighted by Crippen LogP contribution is 2.57. The third-order valence-corrected chi connectivity index (χ3v) is 6.96. The minimum Gasteiger partial charge on any atom is -0.496 e. The number of aromatic nitrogens is 4. The van der Waals surface area contributed by atoms with Crippen molar-refractivity contribution in [3.8, 4) is 16.9 Å². The standard InChI is InChI=1S/C24H24F3N7O3/c1-3-17(35)33-10-23(11-33)7-14(8-23)19-18(20-21(28)30-12-31-34(20)32-19)13-4-5-15(16(6-13)37-2)22(36)29-9-24(25,26)27/h3-6,12,14H,1,7-11H2,2H3,(H,29,36)(H2,28,30,31). The van der Waals surface area contributed by atoms with Crippen LogP contribution in [-0.4, -0.2) is 69.4 Å². The number of hydrogen-bond acceptors (Lipinski definition) is 7. The topological polar surface area (TPSA) is 128 Å². The van der Waals surface area contributed by atoms with E-state index in [4.69, 9.17) is 10.5 Å². The average molecular weight is 515 g/mol. The number of alkyl halides is 3. The van der Waals surface area contributed by atoms with Crippen molar-refractivity contribution in [1.29, 1.82) is 0 Å². The Kier molecular flexibility index (Phi) is 5.80. The number of nitrogens with two attached hydrogens (primary N) is 1. The Morgan fingerprint density at radius 1 is 1.32 bits per heavy atom. The Morgan fingerprint density at radius 3 is 2.70 bits per heavy atom. The van der Waals surface area contributed by atoms with Crippen LogP contribution in [0.2, 0.25) is 0 Å². The summed E-state index contributed by atoms with van der Waals surface area (Å²) in [7, 11) is 1.33. The second-order valence-corrected chi connectivity index (χ2v) is 9.46. The van der Waals surface area contributed by atoms with Gasteiger partial charge in [-0.3, -0.25) is 9.59 Å². The molecule has 2 aliphatic rings. The van der Waals surface area contributed by atoms with Crippen molar-refractivity contribution < 1.29 is 27.5 Å². The maximum Gasteiger partial charge on any atom is 0.405 e. The Labute approximate surface area is 209 Å². The predicted octanol–water partition coefficient (Wildman–Crippen LogP) is 2.57. The summed E-state index contributed by atoms with van der Waals surface area (Å²) < 4.78 is 44.5. The second-order valence-electron chi connectivity index (χ2n) is 9.46. The Hall–Kier alpha value is -4.16. The number of nitrogens with one attached hydrogen (secondary N) is 1. The molecule has 1 spiro atoms. The number of ether oxygens (including phenoxy) is 1. The molecule has 1 saturated heterocycles. The van der Waals surface area contributed by atoms with Gasteiger partial charge in [0.25, 0.3) is 5.91 Å². The normalized spacial score (nSPS) is 16.8. The number of halogens is 3. The molecule has 5 rings (SSSR count). The first kappa shape index (κ1) is 24.5. The molecule has 0 atom stereocenters. The molecule has 194 valence electrons. The SMILES string of the molecule is C=CC(=O)N1CC2(CC(c3nn4ncnc(N)c4c3-c3ccc(C(=O)NCC(F)(F)F)c(OC)c3)C2)C1. The summed E-state index contributed by atoms with van der Waals surface area (Å²) in [6.07, 6.45) is -0.307. The fraction of sp³-hybridized carbons (Fsp3) is 0.375. The van der Waals surface area contributed by atoms with E-state index in [0.717, 1.165) is 18.5 Å². The molecule has 13 heteroatoms. The zero-order valence-electron chi connectivity index (χ0n) is 19.9. The fourth-order valence-corrected chi connectivity index (χ4v) is 5.30. The molecule has 10 nitrogen and oxygen atoms in total. The van der Waals surface area contributed by atoms with Crippen molar-refractivity contribution >= 4 is 23.1 Å². The van der Waals surface area contributed by atoms with E-state index in [0.29, 0.717) is 29.7 Å². The number of benzene rings is 1. The quantitative estimate of drug-likeness (QED) is 0.483. The number of methoxy groups -OCH3 is 1. The van der Waals surface area contributed by atoms with Gasteiger partial charge in [-0.25, -0.2) is 4.98 Å². The zero-order valence-corrected chi connectivity index (χ0v) is 19.9. The lowest BCUT2D eigenvalue weighted by atomic mass is 9.56. The predicted molar refractivity (Wildman–Crippen MR) is 127 cm³/mol. The molecule has 37 heavy (non-hydrogen) atoms. The van der Waals surface area contributed by atoms with Gasteiger partial charge >= 0.3 is 6.18 Å². The first-order valence-corrected chi connectivity index (χ1v) is 11.5. The lowest BCUT2D eigenvalue weighted by Crippen LogP contribution is -2.62. The summed E-state index contributed by atoms with van der Waals surface area (Å²) >= 11 is 0. The molecule has 1 aromatic carbocycles. The number of nitrogen functional groups attached to an aromatic ring is 1. The summed E-state index contributed by atoms with van der Waals surface area (Å²) in [6.45, 7) is 3.40. The van der Waals surface area contributed by atoms with Gasteiger partial charge in [-0.15, -0.1) is 9.73 Å². The maximum atomic E-state index is 12.6. The van der Waals surface area contributed by atoms with E-state index >= 15 is 0 Å². The molecule has 2 fully saturated rings. The monoisotopic (exact) mass is 515 g/mol. The maximum absolute atomic E-state index is 12.6. The summed E-state index contributed by atoms with van der Waals surface area (Å²) in [4.78, 5) is 30.1. The number of nitrogens with zero attached hydrogens (tertiary/aromatic N) is 5. The van der Waals surface area contributed by atoms with Crippen LogP contribution in [0.1, 0.15) is 34.8 Å². The van der Waals surface area contributed by atoms with Crippen molar-refractivity contribution in [2.45, 2.75) is 24.9 Å². The largest absolute Gasteiger partial charge is 0.496 e. The summed E-state index contributed by atoms with van der Waals surface area (Å²) in [5, 5.41) is 10.7. The summed E-state index contributed by atoms with van der Waals surface area (Å²) in [5.74, 6) is -0.626. The minimum atomic E-state index is -4.54. The van der Waals surface area contributed by atoms with E-state index in [1.165, 1.54) is 30.2 Å². The van der Waals surface area contributed by atoms with Crippen molar-refractivity contribution in [2.75, 3.05) is 32.5 Å². The van der Waals surface area contributed by atoms with Crippen LogP contribution < -0.4 is 15.8 Å². The number of likely N-dealkylation sites (tertiary alicyclic amines) is 1. The van der Waals surface area contributed by atoms with Gasteiger partial charge < -0.3 is 20.7 Å². The molecule has 1 aliphatic carbocycles. The van der Waals surface area contributed by atoms with Gasteiger partial charge in [-0.2, -0.15) is 18.3 Å². The zero-order chi connectivity index (χ0) is 26.5. The highest BCUT2D eigenvalue weighted by atomic mass is 19.4. The van der Waals surface area contributed by atoms with Crippen molar-refractivity contribution in [1.82, 2.24) is 30.0 Å². The van der Waals surface area contributed by atoms with Crippen LogP contribution in [0.4, 0.5) is 19.0 Å². The molecule has 0 radical (unpaired) electrons. The van der Waals surface area contributed by atoms with Gasteiger partial charge in [0.15, 0.2) is 5.82 Å². The summed E-state index contributed by atoms with van der Waals surface area (Å²) in [5.41, 5.74) is 8.67. The molecule has 2 aromatic heterocycles. The van der Waals surface area contributed by atoms with Crippen LogP contribution in [-0.2, 0) is 4.79 Å². The highest BCUT2D eigenvalue weighted by Gasteiger charge is 2.54. The molecule has 0 bridgehead atoms.